The highest BCUT2D eigenvalue weighted by Crippen LogP contribution is 2.41. The van der Waals surface area contributed by atoms with Crippen molar-refractivity contribution < 1.29 is 0 Å². The predicted molar refractivity (Wildman–Crippen MR) is 114 cm³/mol. The third kappa shape index (κ3) is 3.47. The fraction of sp³-hybridized carbons (Fsp3) is 0.100. The largest absolute Gasteiger partial charge is 0.229 e. The van der Waals surface area contributed by atoms with E-state index in [2.05, 4.69) is 41.2 Å². The molecule has 0 atom stereocenters. The van der Waals surface area contributed by atoms with E-state index >= 15 is 0 Å². The quantitative estimate of drug-likeness (QED) is 0.258. The van der Waals surface area contributed by atoms with Crippen molar-refractivity contribution in [2.45, 2.75) is 17.7 Å². The van der Waals surface area contributed by atoms with Crippen LogP contribution in [0.3, 0.4) is 0 Å². The number of rotatable bonds is 4. The maximum Gasteiger partial charge on any atom is 0.128 e. The first kappa shape index (κ1) is 17.8. The Labute approximate surface area is 170 Å². The Kier molecular flexibility index (Phi) is 5.18. The molecule has 4 rings (SSSR count). The van der Waals surface area contributed by atoms with Gasteiger partial charge in [-0.15, -0.1) is 23.1 Å². The zero-order valence-electron chi connectivity index (χ0n) is 13.9. The zero-order valence-corrected chi connectivity index (χ0v) is 17.0. The summed E-state index contributed by atoms with van der Waals surface area (Å²) < 4.78 is 0. The summed E-state index contributed by atoms with van der Waals surface area (Å²) in [6.07, 6.45) is 1.64. The van der Waals surface area contributed by atoms with Gasteiger partial charge in [-0.25, -0.2) is 9.97 Å². The van der Waals surface area contributed by atoms with E-state index < -0.39 is 0 Å². The monoisotopic (exact) mass is 416 g/mol. The number of aryl methyl sites for hydroxylation is 1. The Morgan fingerprint density at radius 3 is 2.58 bits per heavy atom. The Morgan fingerprint density at radius 1 is 1.00 bits per heavy atom. The van der Waals surface area contributed by atoms with Crippen molar-refractivity contribution in [3.8, 4) is 11.1 Å². The first-order chi connectivity index (χ1) is 12.6. The van der Waals surface area contributed by atoms with Crippen LogP contribution in [-0.2, 0) is 5.75 Å². The van der Waals surface area contributed by atoms with Crippen molar-refractivity contribution in [3.63, 3.8) is 0 Å². The van der Waals surface area contributed by atoms with Gasteiger partial charge in [-0.05, 0) is 30.2 Å². The molecular weight excluding hydrogens is 403 g/mol. The minimum atomic E-state index is 0.574. The molecule has 0 aliphatic rings. The highest BCUT2D eigenvalue weighted by molar-refractivity contribution is 7.98. The van der Waals surface area contributed by atoms with E-state index in [0.29, 0.717) is 10.0 Å². The molecule has 2 nitrogen and oxygen atoms in total. The van der Waals surface area contributed by atoms with Gasteiger partial charge in [0, 0.05) is 16.2 Å². The number of nitrogens with zero attached hydrogens (tertiary/aromatic N) is 2. The molecule has 2 aromatic heterocycles. The molecule has 0 radical (unpaired) electrons. The van der Waals surface area contributed by atoms with Crippen LogP contribution in [0.5, 0.6) is 0 Å². The molecule has 2 heterocycles. The van der Waals surface area contributed by atoms with Gasteiger partial charge in [0.1, 0.15) is 16.2 Å². The molecule has 0 saturated heterocycles. The van der Waals surface area contributed by atoms with Gasteiger partial charge in [-0.2, -0.15) is 0 Å². The third-order valence-electron chi connectivity index (χ3n) is 4.05. The van der Waals surface area contributed by atoms with Crippen LogP contribution in [0.4, 0.5) is 0 Å². The summed E-state index contributed by atoms with van der Waals surface area (Å²) in [6.45, 7) is 2.14. The SMILES string of the molecule is Cc1sc2ncnc(SCc3ccc(Cl)c(Cl)c3)c2c1-c1ccccc1. The number of thiophene rings is 1. The van der Waals surface area contributed by atoms with Gasteiger partial charge in [0.25, 0.3) is 0 Å². The van der Waals surface area contributed by atoms with Crippen molar-refractivity contribution >= 4 is 56.5 Å². The second kappa shape index (κ2) is 7.57. The van der Waals surface area contributed by atoms with Crippen molar-refractivity contribution in [1.29, 1.82) is 0 Å². The number of hydrogen-bond acceptors (Lipinski definition) is 4. The van der Waals surface area contributed by atoms with Crippen molar-refractivity contribution in [3.05, 3.63) is 75.3 Å². The van der Waals surface area contributed by atoms with Gasteiger partial charge < -0.3 is 0 Å². The summed E-state index contributed by atoms with van der Waals surface area (Å²) in [5.74, 6) is 0.770. The van der Waals surface area contributed by atoms with E-state index in [1.54, 1.807) is 29.4 Å². The summed E-state index contributed by atoms with van der Waals surface area (Å²) in [5, 5.41) is 3.27. The highest BCUT2D eigenvalue weighted by atomic mass is 35.5. The van der Waals surface area contributed by atoms with Gasteiger partial charge in [-0.3, -0.25) is 0 Å². The van der Waals surface area contributed by atoms with Gasteiger partial charge in [-0.1, -0.05) is 59.6 Å². The first-order valence-corrected chi connectivity index (χ1v) is 10.6. The predicted octanol–water partition coefficient (Wildman–Crippen LogP) is 7.27. The van der Waals surface area contributed by atoms with E-state index in [0.717, 1.165) is 26.6 Å². The standard InChI is InChI=1S/C20H14Cl2N2S2/c1-12-17(14-5-3-2-4-6-14)18-19(23-11-24-20(18)26-12)25-10-13-7-8-15(21)16(22)9-13/h2-9,11H,10H2,1H3. The Hall–Kier alpha value is -1.59. The van der Waals surface area contributed by atoms with Crippen LogP contribution >= 0.6 is 46.3 Å². The average Bonchev–Trinajstić information content (AvgIpc) is 3.00. The molecule has 0 unspecified atom stereocenters. The van der Waals surface area contributed by atoms with Crippen molar-refractivity contribution in [2.24, 2.45) is 0 Å². The third-order valence-corrected chi connectivity index (χ3v) is 6.86. The van der Waals surface area contributed by atoms with E-state index in [9.17, 15) is 0 Å². The maximum atomic E-state index is 6.13. The molecule has 0 amide bonds. The lowest BCUT2D eigenvalue weighted by Crippen LogP contribution is -1.88. The summed E-state index contributed by atoms with van der Waals surface area (Å²) in [6, 6.07) is 16.2. The smallest absolute Gasteiger partial charge is 0.128 e. The number of hydrogen-bond donors (Lipinski definition) is 0. The van der Waals surface area contributed by atoms with Gasteiger partial charge >= 0.3 is 0 Å². The molecule has 0 aliphatic carbocycles. The van der Waals surface area contributed by atoms with Gasteiger partial charge in [0.15, 0.2) is 0 Å². The summed E-state index contributed by atoms with van der Waals surface area (Å²) in [7, 11) is 0. The van der Waals surface area contributed by atoms with Crippen LogP contribution in [0.15, 0.2) is 59.9 Å². The topological polar surface area (TPSA) is 25.8 Å². The molecule has 0 fully saturated rings. The van der Waals surface area contributed by atoms with E-state index in [1.807, 2.05) is 24.3 Å². The lowest BCUT2D eigenvalue weighted by atomic mass is 10.0. The molecule has 6 heteroatoms. The number of fused-ring (bicyclic) bond motifs is 1. The molecule has 0 spiro atoms. The van der Waals surface area contributed by atoms with Crippen LogP contribution in [0.25, 0.3) is 21.3 Å². The second-order valence-electron chi connectivity index (χ2n) is 5.80. The van der Waals surface area contributed by atoms with Crippen LogP contribution in [-0.4, -0.2) is 9.97 Å². The first-order valence-electron chi connectivity index (χ1n) is 7.99. The minimum absolute atomic E-state index is 0.574. The summed E-state index contributed by atoms with van der Waals surface area (Å²) in [5.41, 5.74) is 3.54. The minimum Gasteiger partial charge on any atom is -0.229 e. The second-order valence-corrected chi connectivity index (χ2v) is 8.78. The normalized spacial score (nSPS) is 11.2. The molecule has 2 aromatic carbocycles. The lowest BCUT2D eigenvalue weighted by molar-refractivity contribution is 1.11. The fourth-order valence-electron chi connectivity index (χ4n) is 2.86. The van der Waals surface area contributed by atoms with Gasteiger partial charge in [0.2, 0.25) is 0 Å². The van der Waals surface area contributed by atoms with Gasteiger partial charge in [0.05, 0.1) is 15.4 Å². The molecule has 0 aliphatic heterocycles. The molecule has 0 saturated carbocycles. The molecule has 26 heavy (non-hydrogen) atoms. The summed E-state index contributed by atoms with van der Waals surface area (Å²) >= 11 is 15.5. The zero-order chi connectivity index (χ0) is 18.1. The average molecular weight is 417 g/mol. The Balaban J connectivity index is 1.74. The number of thioether (sulfide) groups is 1. The number of halogens is 2. The van der Waals surface area contributed by atoms with Crippen molar-refractivity contribution in [1.82, 2.24) is 9.97 Å². The highest BCUT2D eigenvalue weighted by Gasteiger charge is 2.17. The maximum absolute atomic E-state index is 6.13. The molecular formula is C20H14Cl2N2S2. The fourth-order valence-corrected chi connectivity index (χ4v) is 5.21. The van der Waals surface area contributed by atoms with E-state index in [1.165, 1.54) is 16.0 Å². The van der Waals surface area contributed by atoms with Crippen LogP contribution in [0.1, 0.15) is 10.4 Å². The molecule has 130 valence electrons. The van der Waals surface area contributed by atoms with Crippen LogP contribution in [0.2, 0.25) is 10.0 Å². The molecule has 0 N–H and O–H groups in total. The van der Waals surface area contributed by atoms with Crippen molar-refractivity contribution in [2.75, 3.05) is 0 Å². The van der Waals surface area contributed by atoms with E-state index in [-0.39, 0.29) is 0 Å². The Bertz CT molecular complexity index is 1080. The summed E-state index contributed by atoms with van der Waals surface area (Å²) in [4.78, 5) is 11.3. The van der Waals surface area contributed by atoms with E-state index in [4.69, 9.17) is 23.2 Å². The Morgan fingerprint density at radius 2 is 1.81 bits per heavy atom. The van der Waals surface area contributed by atoms with Crippen LogP contribution in [0, 0.1) is 6.92 Å². The number of aromatic nitrogens is 2. The number of benzene rings is 2. The molecule has 0 bridgehead atoms. The van der Waals surface area contributed by atoms with Crippen LogP contribution < -0.4 is 0 Å². The molecule has 4 aromatic rings. The lowest BCUT2D eigenvalue weighted by Gasteiger charge is -2.07.